The molecule has 2 aromatic rings. The lowest BCUT2D eigenvalue weighted by Crippen LogP contribution is -2.15. The number of nitrogens with two attached hydrogens (primary N) is 1. The summed E-state index contributed by atoms with van der Waals surface area (Å²) < 4.78 is 5.00. The molecule has 16 heavy (non-hydrogen) atoms. The van der Waals surface area contributed by atoms with Gasteiger partial charge in [0.1, 0.15) is 6.33 Å². The van der Waals surface area contributed by atoms with E-state index in [0.717, 1.165) is 0 Å². The molecule has 0 radical (unpaired) electrons. The Balaban J connectivity index is 2.30. The van der Waals surface area contributed by atoms with Gasteiger partial charge in [0, 0.05) is 18.5 Å². The highest BCUT2D eigenvalue weighted by atomic mass is 16.5. The molecule has 2 N–H and O–H groups in total. The van der Waals surface area contributed by atoms with Gasteiger partial charge in [-0.1, -0.05) is 0 Å². The predicted molar refractivity (Wildman–Crippen MR) is 56.6 cm³/mol. The van der Waals surface area contributed by atoms with E-state index in [4.69, 9.17) is 10.5 Å². The van der Waals surface area contributed by atoms with Crippen molar-refractivity contribution in [2.24, 2.45) is 5.73 Å². The Morgan fingerprint density at radius 2 is 2.06 bits per heavy atom. The average Bonchev–Trinajstić information content (AvgIpc) is 2.39. The van der Waals surface area contributed by atoms with Crippen LogP contribution in [-0.2, 0) is 0 Å². The maximum absolute atomic E-state index is 5.99. The lowest BCUT2D eigenvalue weighted by molar-refractivity contribution is 0.395. The van der Waals surface area contributed by atoms with Gasteiger partial charge in [0.15, 0.2) is 0 Å². The van der Waals surface area contributed by atoms with Crippen molar-refractivity contribution < 1.29 is 4.74 Å². The fourth-order valence-electron chi connectivity index (χ4n) is 1.26. The molecule has 0 fully saturated rings. The minimum Gasteiger partial charge on any atom is -0.481 e. The van der Waals surface area contributed by atoms with Crippen molar-refractivity contribution in [3.05, 3.63) is 42.4 Å². The van der Waals surface area contributed by atoms with Gasteiger partial charge in [0.05, 0.1) is 30.7 Å². The van der Waals surface area contributed by atoms with Crippen molar-refractivity contribution in [2.75, 3.05) is 7.11 Å². The van der Waals surface area contributed by atoms with E-state index in [9.17, 15) is 0 Å². The molecular formula is C10H11N5O. The Labute approximate surface area is 92.6 Å². The molecule has 2 aromatic heterocycles. The van der Waals surface area contributed by atoms with Gasteiger partial charge in [-0.2, -0.15) is 0 Å². The molecule has 0 bridgehead atoms. The van der Waals surface area contributed by atoms with Gasteiger partial charge >= 0.3 is 0 Å². The number of aromatic nitrogens is 4. The summed E-state index contributed by atoms with van der Waals surface area (Å²) in [6, 6.07) is 1.25. The van der Waals surface area contributed by atoms with Crippen molar-refractivity contribution >= 4 is 0 Å². The van der Waals surface area contributed by atoms with Crippen molar-refractivity contribution in [1.82, 2.24) is 19.9 Å². The first-order chi connectivity index (χ1) is 7.81. The Bertz CT molecular complexity index is 462. The molecule has 0 amide bonds. The fraction of sp³-hybridized carbons (Fsp3) is 0.200. The third-order valence-corrected chi connectivity index (χ3v) is 2.09. The van der Waals surface area contributed by atoms with Crippen LogP contribution in [0, 0.1) is 0 Å². The summed E-state index contributed by atoms with van der Waals surface area (Å²) in [5, 5.41) is 0. The zero-order valence-electron chi connectivity index (χ0n) is 8.74. The van der Waals surface area contributed by atoms with E-state index in [1.807, 2.05) is 0 Å². The van der Waals surface area contributed by atoms with Crippen molar-refractivity contribution in [2.45, 2.75) is 6.04 Å². The summed E-state index contributed by atoms with van der Waals surface area (Å²) in [4.78, 5) is 16.1. The highest BCUT2D eigenvalue weighted by molar-refractivity contribution is 5.22. The van der Waals surface area contributed by atoms with Crippen LogP contribution in [0.15, 0.2) is 31.0 Å². The summed E-state index contributed by atoms with van der Waals surface area (Å²) in [7, 11) is 1.54. The van der Waals surface area contributed by atoms with Crippen LogP contribution in [0.1, 0.15) is 17.4 Å². The normalized spacial score (nSPS) is 12.1. The predicted octanol–water partition coefficient (Wildman–Crippen LogP) is 0.323. The fourth-order valence-corrected chi connectivity index (χ4v) is 1.26. The number of nitrogens with zero attached hydrogens (tertiary/aromatic N) is 4. The number of rotatable bonds is 3. The van der Waals surface area contributed by atoms with Crippen LogP contribution in [0.5, 0.6) is 5.88 Å². The third kappa shape index (κ3) is 2.12. The largest absolute Gasteiger partial charge is 0.481 e. The molecule has 2 rings (SSSR count). The highest BCUT2D eigenvalue weighted by Gasteiger charge is 2.12. The number of hydrogen-bond donors (Lipinski definition) is 1. The molecule has 6 heteroatoms. The zero-order valence-corrected chi connectivity index (χ0v) is 8.74. The summed E-state index contributed by atoms with van der Waals surface area (Å²) >= 11 is 0. The van der Waals surface area contributed by atoms with Crippen molar-refractivity contribution in [3.63, 3.8) is 0 Å². The standard InChI is InChI=1S/C10H11N5O/c1-16-9-4-7(14-6-15-9)10(11)8-5-12-2-3-13-8/h2-6,10H,11H2,1H3. The van der Waals surface area contributed by atoms with E-state index in [0.29, 0.717) is 17.3 Å². The molecule has 0 saturated carbocycles. The maximum Gasteiger partial charge on any atom is 0.216 e. The molecule has 0 aliphatic heterocycles. The molecule has 1 unspecified atom stereocenters. The SMILES string of the molecule is COc1cc(C(N)c2cnccn2)ncn1. The molecular weight excluding hydrogens is 206 g/mol. The summed E-state index contributed by atoms with van der Waals surface area (Å²) in [5.74, 6) is 0.476. The van der Waals surface area contributed by atoms with E-state index in [-0.39, 0.29) is 0 Å². The van der Waals surface area contributed by atoms with Gasteiger partial charge in [-0.25, -0.2) is 9.97 Å². The second-order valence-corrected chi connectivity index (χ2v) is 3.09. The van der Waals surface area contributed by atoms with Crippen LogP contribution in [0.3, 0.4) is 0 Å². The Hall–Kier alpha value is -2.08. The monoisotopic (exact) mass is 217 g/mol. The van der Waals surface area contributed by atoms with Crippen LogP contribution in [-0.4, -0.2) is 27.0 Å². The van der Waals surface area contributed by atoms with Crippen molar-refractivity contribution in [1.29, 1.82) is 0 Å². The van der Waals surface area contributed by atoms with Crippen LogP contribution in [0.4, 0.5) is 0 Å². The second-order valence-electron chi connectivity index (χ2n) is 3.09. The molecule has 0 aliphatic rings. The lowest BCUT2D eigenvalue weighted by atomic mass is 10.1. The van der Waals surface area contributed by atoms with E-state index in [2.05, 4.69) is 19.9 Å². The molecule has 0 spiro atoms. The molecule has 82 valence electrons. The molecule has 1 atom stereocenters. The first-order valence-electron chi connectivity index (χ1n) is 4.68. The average molecular weight is 217 g/mol. The number of hydrogen-bond acceptors (Lipinski definition) is 6. The van der Waals surface area contributed by atoms with Gasteiger partial charge in [0.25, 0.3) is 0 Å². The van der Waals surface area contributed by atoms with Gasteiger partial charge in [-0.3, -0.25) is 9.97 Å². The van der Waals surface area contributed by atoms with Crippen LogP contribution >= 0.6 is 0 Å². The minimum absolute atomic E-state index is 0.425. The maximum atomic E-state index is 5.99. The zero-order chi connectivity index (χ0) is 11.4. The topological polar surface area (TPSA) is 86.8 Å². The molecule has 2 heterocycles. The van der Waals surface area contributed by atoms with Gasteiger partial charge in [-0.05, 0) is 0 Å². The molecule has 0 aliphatic carbocycles. The van der Waals surface area contributed by atoms with E-state index in [1.165, 1.54) is 6.33 Å². The Kier molecular flexibility index (Phi) is 3.02. The Morgan fingerprint density at radius 3 is 2.75 bits per heavy atom. The quantitative estimate of drug-likeness (QED) is 0.796. The summed E-state index contributed by atoms with van der Waals surface area (Å²) in [6.45, 7) is 0. The molecule has 6 nitrogen and oxygen atoms in total. The Morgan fingerprint density at radius 1 is 1.19 bits per heavy atom. The number of methoxy groups -OCH3 is 1. The third-order valence-electron chi connectivity index (χ3n) is 2.09. The summed E-state index contributed by atoms with van der Waals surface area (Å²) in [6.07, 6.45) is 6.20. The summed E-state index contributed by atoms with van der Waals surface area (Å²) in [5.41, 5.74) is 7.29. The smallest absolute Gasteiger partial charge is 0.216 e. The first kappa shape index (κ1) is 10.4. The van der Waals surface area contributed by atoms with E-state index < -0.39 is 6.04 Å². The molecule has 0 saturated heterocycles. The van der Waals surface area contributed by atoms with Gasteiger partial charge in [-0.15, -0.1) is 0 Å². The number of ether oxygens (including phenoxy) is 1. The lowest BCUT2D eigenvalue weighted by Gasteiger charge is -2.09. The first-order valence-corrected chi connectivity index (χ1v) is 4.68. The van der Waals surface area contributed by atoms with E-state index in [1.54, 1.807) is 31.8 Å². The molecule has 0 aromatic carbocycles. The van der Waals surface area contributed by atoms with E-state index >= 15 is 0 Å². The second kappa shape index (κ2) is 4.63. The van der Waals surface area contributed by atoms with Crippen LogP contribution in [0.2, 0.25) is 0 Å². The minimum atomic E-state index is -0.425. The van der Waals surface area contributed by atoms with Crippen molar-refractivity contribution in [3.8, 4) is 5.88 Å². The van der Waals surface area contributed by atoms with Crippen LogP contribution < -0.4 is 10.5 Å². The van der Waals surface area contributed by atoms with Gasteiger partial charge < -0.3 is 10.5 Å². The highest BCUT2D eigenvalue weighted by Crippen LogP contribution is 2.16. The van der Waals surface area contributed by atoms with Gasteiger partial charge in [0.2, 0.25) is 5.88 Å². The van der Waals surface area contributed by atoms with Crippen LogP contribution in [0.25, 0.3) is 0 Å².